The summed E-state index contributed by atoms with van der Waals surface area (Å²) >= 11 is 0. The Morgan fingerprint density at radius 3 is 1.43 bits per heavy atom. The van der Waals surface area contributed by atoms with Gasteiger partial charge in [-0.2, -0.15) is 0 Å². The van der Waals surface area contributed by atoms with Crippen molar-refractivity contribution in [2.75, 3.05) is 20.1 Å². The Hall–Kier alpha value is 0.170. The molecule has 0 unspecified atom stereocenters. The van der Waals surface area contributed by atoms with Crippen molar-refractivity contribution in [2.24, 2.45) is 22.3 Å². The van der Waals surface area contributed by atoms with E-state index in [1.54, 1.807) is 0 Å². The van der Waals surface area contributed by atoms with Gasteiger partial charge in [-0.3, -0.25) is 0 Å². The summed E-state index contributed by atoms with van der Waals surface area (Å²) < 4.78 is 0. The Balaban J connectivity index is 0. The molecule has 4 heteroatoms. The third kappa shape index (κ3) is 3.73. The highest BCUT2D eigenvalue weighted by Crippen LogP contribution is 2.32. The van der Waals surface area contributed by atoms with E-state index in [1.807, 2.05) is 7.05 Å². The van der Waals surface area contributed by atoms with Gasteiger partial charge in [0.25, 0.3) is 0 Å². The molecular weight excluding hydrogens is 198 g/mol. The number of hydrogen-bond donors (Lipinski definition) is 3. The monoisotopic (exact) mass is 223 g/mol. The van der Waals surface area contributed by atoms with Crippen LogP contribution in [-0.2, 0) is 0 Å². The van der Waals surface area contributed by atoms with Crippen LogP contribution in [0.4, 0.5) is 0 Å². The first-order valence-corrected chi connectivity index (χ1v) is 4.89. The van der Waals surface area contributed by atoms with Gasteiger partial charge >= 0.3 is 0 Å². The SMILES string of the molecule is CNC(C(C)(C)CN)C(C)(C)CN.Cl. The summed E-state index contributed by atoms with van der Waals surface area (Å²) in [4.78, 5) is 0. The zero-order valence-electron chi connectivity index (χ0n) is 10.1. The van der Waals surface area contributed by atoms with Crippen molar-refractivity contribution >= 4 is 12.4 Å². The van der Waals surface area contributed by atoms with Crippen LogP contribution in [0.25, 0.3) is 0 Å². The number of halogens is 1. The lowest BCUT2D eigenvalue weighted by molar-refractivity contribution is 0.130. The van der Waals surface area contributed by atoms with Gasteiger partial charge < -0.3 is 16.8 Å². The Kier molecular flexibility index (Phi) is 7.00. The molecule has 0 aliphatic rings. The molecule has 0 amide bonds. The molecular formula is C10H26ClN3. The van der Waals surface area contributed by atoms with Crippen molar-refractivity contribution in [1.29, 1.82) is 0 Å². The van der Waals surface area contributed by atoms with E-state index in [4.69, 9.17) is 11.5 Å². The fourth-order valence-electron chi connectivity index (χ4n) is 2.07. The fourth-order valence-corrected chi connectivity index (χ4v) is 2.07. The van der Waals surface area contributed by atoms with E-state index in [-0.39, 0.29) is 23.2 Å². The van der Waals surface area contributed by atoms with Crippen LogP contribution in [0.5, 0.6) is 0 Å². The highest BCUT2D eigenvalue weighted by atomic mass is 35.5. The van der Waals surface area contributed by atoms with E-state index in [0.29, 0.717) is 19.1 Å². The molecule has 14 heavy (non-hydrogen) atoms. The number of nitrogens with one attached hydrogen (secondary N) is 1. The van der Waals surface area contributed by atoms with Crippen LogP contribution in [0.2, 0.25) is 0 Å². The van der Waals surface area contributed by atoms with Crippen molar-refractivity contribution in [2.45, 2.75) is 33.7 Å². The predicted octanol–water partition coefficient (Wildman–Crippen LogP) is 0.966. The number of rotatable bonds is 5. The largest absolute Gasteiger partial charge is 0.330 e. The minimum atomic E-state index is 0. The zero-order chi connectivity index (χ0) is 10.7. The van der Waals surface area contributed by atoms with E-state index in [1.165, 1.54) is 0 Å². The summed E-state index contributed by atoms with van der Waals surface area (Å²) in [7, 11) is 1.97. The van der Waals surface area contributed by atoms with Crippen molar-refractivity contribution in [3.8, 4) is 0 Å². The summed E-state index contributed by atoms with van der Waals surface area (Å²) in [5, 5.41) is 3.32. The summed E-state index contributed by atoms with van der Waals surface area (Å²) in [5.74, 6) is 0. The van der Waals surface area contributed by atoms with Crippen LogP contribution in [0, 0.1) is 10.8 Å². The Morgan fingerprint density at radius 2 is 1.29 bits per heavy atom. The first kappa shape index (κ1) is 16.6. The van der Waals surface area contributed by atoms with Gasteiger partial charge in [-0.15, -0.1) is 12.4 Å². The normalized spacial score (nSPS) is 12.9. The van der Waals surface area contributed by atoms with Gasteiger partial charge in [0.15, 0.2) is 0 Å². The summed E-state index contributed by atoms with van der Waals surface area (Å²) in [6, 6.07) is 0.343. The Bertz CT molecular complexity index is 141. The van der Waals surface area contributed by atoms with Crippen molar-refractivity contribution in [3.63, 3.8) is 0 Å². The van der Waals surface area contributed by atoms with Gasteiger partial charge in [0.2, 0.25) is 0 Å². The molecule has 0 aliphatic heterocycles. The Morgan fingerprint density at radius 1 is 1.00 bits per heavy atom. The molecule has 0 radical (unpaired) electrons. The van der Waals surface area contributed by atoms with Crippen molar-refractivity contribution in [1.82, 2.24) is 5.32 Å². The zero-order valence-corrected chi connectivity index (χ0v) is 10.9. The molecule has 0 aliphatic carbocycles. The van der Waals surface area contributed by atoms with Crippen LogP contribution >= 0.6 is 12.4 Å². The molecule has 88 valence electrons. The smallest absolute Gasteiger partial charge is 0.0190 e. The van der Waals surface area contributed by atoms with E-state index < -0.39 is 0 Å². The number of nitrogens with two attached hydrogens (primary N) is 2. The van der Waals surface area contributed by atoms with Crippen LogP contribution < -0.4 is 16.8 Å². The van der Waals surface area contributed by atoms with Crippen molar-refractivity contribution in [3.05, 3.63) is 0 Å². The average Bonchev–Trinajstić information content (AvgIpc) is 2.05. The molecule has 0 aromatic rings. The maximum atomic E-state index is 5.75. The first-order valence-electron chi connectivity index (χ1n) is 4.89. The molecule has 0 spiro atoms. The first-order chi connectivity index (χ1) is 5.81. The van der Waals surface area contributed by atoms with Crippen LogP contribution in [0.3, 0.4) is 0 Å². The minimum absolute atomic E-state index is 0. The lowest BCUT2D eigenvalue weighted by Gasteiger charge is -2.43. The molecule has 0 aromatic heterocycles. The van der Waals surface area contributed by atoms with E-state index >= 15 is 0 Å². The maximum Gasteiger partial charge on any atom is 0.0190 e. The highest BCUT2D eigenvalue weighted by Gasteiger charge is 2.37. The van der Waals surface area contributed by atoms with Gasteiger partial charge in [-0.1, -0.05) is 27.7 Å². The Labute approximate surface area is 94.4 Å². The van der Waals surface area contributed by atoms with Gasteiger partial charge in [-0.05, 0) is 31.0 Å². The molecule has 3 nitrogen and oxygen atoms in total. The summed E-state index contributed by atoms with van der Waals surface area (Å²) in [6.07, 6.45) is 0. The summed E-state index contributed by atoms with van der Waals surface area (Å²) in [5.41, 5.74) is 11.7. The topological polar surface area (TPSA) is 64.1 Å². The molecule has 0 saturated heterocycles. The molecule has 0 saturated carbocycles. The molecule has 0 atom stereocenters. The van der Waals surface area contributed by atoms with Gasteiger partial charge in [-0.25, -0.2) is 0 Å². The fraction of sp³-hybridized carbons (Fsp3) is 1.00. The third-order valence-electron chi connectivity index (χ3n) is 2.90. The lowest BCUT2D eigenvalue weighted by Crippen LogP contribution is -2.55. The minimum Gasteiger partial charge on any atom is -0.330 e. The quantitative estimate of drug-likeness (QED) is 0.651. The molecule has 0 heterocycles. The van der Waals surface area contributed by atoms with Gasteiger partial charge in [0.1, 0.15) is 0 Å². The maximum absolute atomic E-state index is 5.75. The second kappa shape index (κ2) is 5.91. The van der Waals surface area contributed by atoms with Crippen LogP contribution in [0.1, 0.15) is 27.7 Å². The molecule has 0 fully saturated rings. The molecule has 0 aromatic carbocycles. The van der Waals surface area contributed by atoms with E-state index in [2.05, 4.69) is 33.0 Å². The van der Waals surface area contributed by atoms with Crippen LogP contribution in [0.15, 0.2) is 0 Å². The summed E-state index contributed by atoms with van der Waals surface area (Å²) in [6.45, 7) is 10.0. The second-order valence-corrected chi connectivity index (χ2v) is 5.11. The molecule has 5 N–H and O–H groups in total. The standard InChI is InChI=1S/C10H25N3.ClH/c1-9(2,6-11)8(13-5)10(3,4)7-12;/h8,13H,6-7,11-12H2,1-5H3;1H. The predicted molar refractivity (Wildman–Crippen MR) is 65.8 cm³/mol. The van der Waals surface area contributed by atoms with Crippen LogP contribution in [-0.4, -0.2) is 26.2 Å². The molecule has 0 rings (SSSR count). The van der Waals surface area contributed by atoms with E-state index in [0.717, 1.165) is 0 Å². The second-order valence-electron chi connectivity index (χ2n) is 5.11. The van der Waals surface area contributed by atoms with Gasteiger partial charge in [0.05, 0.1) is 0 Å². The third-order valence-corrected chi connectivity index (χ3v) is 2.90. The van der Waals surface area contributed by atoms with E-state index in [9.17, 15) is 0 Å². The number of hydrogen-bond acceptors (Lipinski definition) is 3. The average molecular weight is 224 g/mol. The lowest BCUT2D eigenvalue weighted by atomic mass is 9.70. The highest BCUT2D eigenvalue weighted by molar-refractivity contribution is 5.85. The van der Waals surface area contributed by atoms with Gasteiger partial charge in [0, 0.05) is 6.04 Å². The molecule has 0 bridgehead atoms. The van der Waals surface area contributed by atoms with Crippen molar-refractivity contribution < 1.29 is 0 Å².